The highest BCUT2D eigenvalue weighted by molar-refractivity contribution is 5.83. The highest BCUT2D eigenvalue weighted by atomic mass is 16.5. The monoisotopic (exact) mass is 251 g/mol. The fourth-order valence-electron chi connectivity index (χ4n) is 1.08. The third kappa shape index (κ3) is 5.20. The van der Waals surface area contributed by atoms with E-state index in [4.69, 9.17) is 15.6 Å². The van der Waals surface area contributed by atoms with E-state index in [1.165, 1.54) is 0 Å². The standard InChI is InChI=1S/C9H17NO7/c10-4-17-2-1-5(12)7(14)9(16)8(15)6(13)3-11/h4,6-11,13-16H,1-3H2/t6-,7-,8-,9-/m1/s1. The summed E-state index contributed by atoms with van der Waals surface area (Å²) in [6.45, 7) is -0.944. The second kappa shape index (κ2) is 8.09. The number of ketones is 1. The summed E-state index contributed by atoms with van der Waals surface area (Å²) in [6, 6.07) is 0. The lowest BCUT2D eigenvalue weighted by Gasteiger charge is -2.24. The Kier molecular flexibility index (Phi) is 7.59. The summed E-state index contributed by atoms with van der Waals surface area (Å²) in [7, 11) is 0. The molecule has 4 atom stereocenters. The minimum absolute atomic E-state index is 0.134. The van der Waals surface area contributed by atoms with Gasteiger partial charge in [-0.05, 0) is 0 Å². The lowest BCUT2D eigenvalue weighted by Crippen LogP contribution is -2.48. The molecule has 0 unspecified atom stereocenters. The molecule has 0 aliphatic heterocycles. The predicted octanol–water partition coefficient (Wildman–Crippen LogP) is -2.99. The van der Waals surface area contributed by atoms with Gasteiger partial charge in [0.15, 0.2) is 12.2 Å². The van der Waals surface area contributed by atoms with Gasteiger partial charge in [-0.3, -0.25) is 10.2 Å². The van der Waals surface area contributed by atoms with Gasteiger partial charge in [0.1, 0.15) is 24.4 Å². The maximum absolute atomic E-state index is 11.3. The van der Waals surface area contributed by atoms with Crippen LogP contribution in [0, 0.1) is 5.41 Å². The smallest absolute Gasteiger partial charge is 0.167 e. The number of Topliss-reactive ketones (excluding diaryl/α,β-unsaturated/α-hetero) is 1. The second-order valence-electron chi connectivity index (χ2n) is 3.38. The molecule has 8 heteroatoms. The highest BCUT2D eigenvalue weighted by Gasteiger charge is 2.33. The van der Waals surface area contributed by atoms with Crippen LogP contribution in [0.4, 0.5) is 0 Å². The van der Waals surface area contributed by atoms with E-state index in [-0.39, 0.29) is 13.0 Å². The van der Waals surface area contributed by atoms with Crippen LogP contribution >= 0.6 is 0 Å². The van der Waals surface area contributed by atoms with Crippen LogP contribution < -0.4 is 0 Å². The maximum atomic E-state index is 11.3. The van der Waals surface area contributed by atoms with Crippen molar-refractivity contribution in [1.82, 2.24) is 0 Å². The van der Waals surface area contributed by atoms with Crippen molar-refractivity contribution in [2.24, 2.45) is 0 Å². The summed E-state index contributed by atoms with van der Waals surface area (Å²) < 4.78 is 4.44. The molecule has 0 aliphatic carbocycles. The zero-order valence-corrected chi connectivity index (χ0v) is 9.06. The Balaban J connectivity index is 4.22. The first kappa shape index (κ1) is 15.9. The van der Waals surface area contributed by atoms with Crippen molar-refractivity contribution < 1.29 is 35.1 Å². The minimum atomic E-state index is -1.90. The van der Waals surface area contributed by atoms with E-state index in [0.29, 0.717) is 6.40 Å². The van der Waals surface area contributed by atoms with Crippen molar-refractivity contribution in [3.63, 3.8) is 0 Å². The Hall–Kier alpha value is -1.06. The molecule has 0 spiro atoms. The van der Waals surface area contributed by atoms with Crippen LogP contribution in [0.1, 0.15) is 6.42 Å². The van der Waals surface area contributed by atoms with Crippen LogP contribution in [0.2, 0.25) is 0 Å². The quantitative estimate of drug-likeness (QED) is 0.145. The normalized spacial score (nSPS) is 17.9. The van der Waals surface area contributed by atoms with Crippen molar-refractivity contribution in [2.75, 3.05) is 13.2 Å². The zero-order valence-electron chi connectivity index (χ0n) is 9.06. The third-order valence-corrected chi connectivity index (χ3v) is 2.13. The first-order valence-corrected chi connectivity index (χ1v) is 4.92. The molecule has 0 heterocycles. The SMILES string of the molecule is N=COCCC(=O)[C@@H](O)[C@@H](O)[C@H](O)[C@H](O)CO. The molecule has 0 aliphatic rings. The second-order valence-corrected chi connectivity index (χ2v) is 3.38. The molecule has 0 fully saturated rings. The maximum Gasteiger partial charge on any atom is 0.167 e. The summed E-state index contributed by atoms with van der Waals surface area (Å²) in [6.07, 6.45) is -6.89. The number of hydrogen-bond donors (Lipinski definition) is 6. The van der Waals surface area contributed by atoms with Gasteiger partial charge in [-0.25, -0.2) is 0 Å². The van der Waals surface area contributed by atoms with Gasteiger partial charge < -0.3 is 30.3 Å². The molecule has 0 radical (unpaired) electrons. The lowest BCUT2D eigenvalue weighted by molar-refractivity contribution is -0.147. The van der Waals surface area contributed by atoms with Crippen molar-refractivity contribution in [2.45, 2.75) is 30.8 Å². The number of ether oxygens (including phenoxy) is 1. The third-order valence-electron chi connectivity index (χ3n) is 2.13. The van der Waals surface area contributed by atoms with Crippen molar-refractivity contribution in [3.8, 4) is 0 Å². The Morgan fingerprint density at radius 2 is 1.82 bits per heavy atom. The number of aliphatic hydroxyl groups excluding tert-OH is 5. The van der Waals surface area contributed by atoms with Crippen LogP contribution in [0.5, 0.6) is 0 Å². The average molecular weight is 251 g/mol. The molecule has 0 amide bonds. The van der Waals surface area contributed by atoms with E-state index in [1.807, 2.05) is 0 Å². The molecule has 0 saturated heterocycles. The van der Waals surface area contributed by atoms with E-state index in [2.05, 4.69) is 4.74 Å². The zero-order chi connectivity index (χ0) is 13.4. The lowest BCUT2D eigenvalue weighted by atomic mass is 9.99. The molecule has 100 valence electrons. The van der Waals surface area contributed by atoms with E-state index in [1.54, 1.807) is 0 Å². The summed E-state index contributed by atoms with van der Waals surface area (Å²) in [5, 5.41) is 51.9. The number of carbonyl (C=O) groups excluding carboxylic acids is 1. The van der Waals surface area contributed by atoms with Gasteiger partial charge in [0, 0.05) is 6.42 Å². The van der Waals surface area contributed by atoms with Gasteiger partial charge in [0.25, 0.3) is 0 Å². The van der Waals surface area contributed by atoms with Gasteiger partial charge in [-0.15, -0.1) is 0 Å². The van der Waals surface area contributed by atoms with E-state index in [9.17, 15) is 20.1 Å². The number of rotatable bonds is 9. The number of carbonyl (C=O) groups is 1. The van der Waals surface area contributed by atoms with Crippen LogP contribution in [0.3, 0.4) is 0 Å². The van der Waals surface area contributed by atoms with Crippen molar-refractivity contribution >= 4 is 12.2 Å². The first-order valence-electron chi connectivity index (χ1n) is 4.92. The molecule has 0 aromatic heterocycles. The van der Waals surface area contributed by atoms with Gasteiger partial charge in [-0.2, -0.15) is 0 Å². The van der Waals surface area contributed by atoms with Crippen molar-refractivity contribution in [3.05, 3.63) is 0 Å². The topological polar surface area (TPSA) is 151 Å². The summed E-state index contributed by atoms with van der Waals surface area (Å²) in [5.41, 5.74) is 0. The van der Waals surface area contributed by atoms with Crippen LogP contribution in [0.25, 0.3) is 0 Å². The molecule has 0 saturated carbocycles. The fourth-order valence-corrected chi connectivity index (χ4v) is 1.08. The Bertz CT molecular complexity index is 247. The van der Waals surface area contributed by atoms with E-state index in [0.717, 1.165) is 0 Å². The van der Waals surface area contributed by atoms with Gasteiger partial charge >= 0.3 is 0 Å². The summed E-state index contributed by atoms with van der Waals surface area (Å²) in [5.74, 6) is -0.802. The van der Waals surface area contributed by atoms with Crippen LogP contribution in [-0.4, -0.2) is 75.3 Å². The van der Waals surface area contributed by atoms with E-state index < -0.39 is 36.8 Å². The number of nitrogens with one attached hydrogen (secondary N) is 1. The molecule has 0 aromatic rings. The Morgan fingerprint density at radius 3 is 2.29 bits per heavy atom. The molecule has 6 N–H and O–H groups in total. The first-order chi connectivity index (χ1) is 7.95. The molecule has 8 nitrogen and oxygen atoms in total. The van der Waals surface area contributed by atoms with Gasteiger partial charge in [-0.1, -0.05) is 0 Å². The molecule has 0 rings (SSSR count). The van der Waals surface area contributed by atoms with Gasteiger partial charge in [0.2, 0.25) is 0 Å². The number of aliphatic hydroxyl groups is 5. The summed E-state index contributed by atoms with van der Waals surface area (Å²) in [4.78, 5) is 11.3. The van der Waals surface area contributed by atoms with Crippen molar-refractivity contribution in [1.29, 1.82) is 5.41 Å². The fraction of sp³-hybridized carbons (Fsp3) is 0.778. The number of hydrogen-bond acceptors (Lipinski definition) is 8. The molecular weight excluding hydrogens is 234 g/mol. The average Bonchev–Trinajstić information content (AvgIpc) is 2.35. The summed E-state index contributed by atoms with van der Waals surface area (Å²) >= 11 is 0. The van der Waals surface area contributed by atoms with E-state index >= 15 is 0 Å². The van der Waals surface area contributed by atoms with Crippen LogP contribution in [0.15, 0.2) is 0 Å². The molecular formula is C9H17NO7. The minimum Gasteiger partial charge on any atom is -0.483 e. The largest absolute Gasteiger partial charge is 0.483 e. The Morgan fingerprint density at radius 1 is 1.24 bits per heavy atom. The molecule has 17 heavy (non-hydrogen) atoms. The predicted molar refractivity (Wildman–Crippen MR) is 55.5 cm³/mol. The molecule has 0 aromatic carbocycles. The highest BCUT2D eigenvalue weighted by Crippen LogP contribution is 2.07. The molecule has 0 bridgehead atoms. The van der Waals surface area contributed by atoms with Crippen LogP contribution in [-0.2, 0) is 9.53 Å². The Labute approximate surface area is 97.6 Å². The van der Waals surface area contributed by atoms with Gasteiger partial charge in [0.05, 0.1) is 13.2 Å².